The maximum atomic E-state index is 5.75. The second kappa shape index (κ2) is 7.79. The summed E-state index contributed by atoms with van der Waals surface area (Å²) in [5.41, 5.74) is 2.89. The molecule has 2 unspecified atom stereocenters. The normalized spacial score (nSPS) is 14.9. The predicted octanol–water partition coefficient (Wildman–Crippen LogP) is 2.33. The molecular weight excluding hydrogens is 220 g/mol. The minimum Gasteiger partial charge on any atom is -0.377 e. The van der Waals surface area contributed by atoms with Crippen molar-refractivity contribution in [2.24, 2.45) is 5.84 Å². The lowest BCUT2D eigenvalue weighted by Gasteiger charge is -2.25. The Balaban J connectivity index is 2.55. The van der Waals surface area contributed by atoms with E-state index in [2.05, 4.69) is 29.9 Å². The third kappa shape index (κ3) is 4.22. The molecule has 0 spiro atoms. The lowest BCUT2D eigenvalue weighted by atomic mass is 10.0. The Hall–Kier alpha value is -0.420. The molecule has 3 nitrogen and oxygen atoms in total. The first-order valence-corrected chi connectivity index (χ1v) is 6.79. The summed E-state index contributed by atoms with van der Waals surface area (Å²) in [6.07, 6.45) is 3.32. The van der Waals surface area contributed by atoms with Crippen molar-refractivity contribution in [3.63, 3.8) is 0 Å². The number of nitrogens with two attached hydrogens (primary N) is 1. The highest BCUT2D eigenvalue weighted by Gasteiger charge is 2.20. The van der Waals surface area contributed by atoms with Crippen molar-refractivity contribution >= 4 is 11.3 Å². The van der Waals surface area contributed by atoms with Crippen LogP contribution in [0.3, 0.4) is 0 Å². The molecular formula is C12H22N2OS. The Labute approximate surface area is 102 Å². The molecule has 0 amide bonds. The van der Waals surface area contributed by atoms with Gasteiger partial charge in [-0.2, -0.15) is 0 Å². The van der Waals surface area contributed by atoms with E-state index in [0.29, 0.717) is 0 Å². The van der Waals surface area contributed by atoms with Crippen LogP contribution in [-0.4, -0.2) is 18.8 Å². The summed E-state index contributed by atoms with van der Waals surface area (Å²) < 4.78 is 5.75. The van der Waals surface area contributed by atoms with E-state index in [1.54, 1.807) is 11.3 Å². The van der Waals surface area contributed by atoms with E-state index >= 15 is 0 Å². The van der Waals surface area contributed by atoms with Crippen molar-refractivity contribution in [3.05, 3.63) is 22.4 Å². The van der Waals surface area contributed by atoms with Gasteiger partial charge in [-0.1, -0.05) is 19.4 Å². The lowest BCUT2D eigenvalue weighted by molar-refractivity contribution is 0.0283. The van der Waals surface area contributed by atoms with Crippen molar-refractivity contribution in [3.8, 4) is 0 Å². The second-order valence-corrected chi connectivity index (χ2v) is 4.87. The summed E-state index contributed by atoms with van der Waals surface area (Å²) in [6.45, 7) is 4.94. The quantitative estimate of drug-likeness (QED) is 0.543. The highest BCUT2D eigenvalue weighted by molar-refractivity contribution is 7.09. The molecule has 4 heteroatoms. The van der Waals surface area contributed by atoms with Crippen LogP contribution >= 0.6 is 11.3 Å². The molecule has 2 atom stereocenters. The Kier molecular flexibility index (Phi) is 6.64. The van der Waals surface area contributed by atoms with Gasteiger partial charge in [0.2, 0.25) is 0 Å². The minimum atomic E-state index is 0.207. The van der Waals surface area contributed by atoms with Crippen LogP contribution in [0.2, 0.25) is 0 Å². The molecule has 16 heavy (non-hydrogen) atoms. The smallest absolute Gasteiger partial charge is 0.0744 e. The van der Waals surface area contributed by atoms with Gasteiger partial charge >= 0.3 is 0 Å². The SMILES string of the molecule is CCCC(OCC)C(Cc1cccs1)NN. The zero-order chi connectivity index (χ0) is 11.8. The average Bonchev–Trinajstić information content (AvgIpc) is 2.78. The van der Waals surface area contributed by atoms with Crippen molar-refractivity contribution in [2.45, 2.75) is 45.3 Å². The fourth-order valence-electron chi connectivity index (χ4n) is 1.84. The third-order valence-corrected chi connectivity index (χ3v) is 3.52. The van der Waals surface area contributed by atoms with Gasteiger partial charge in [0.25, 0.3) is 0 Å². The molecule has 0 aliphatic heterocycles. The zero-order valence-electron chi connectivity index (χ0n) is 10.1. The van der Waals surface area contributed by atoms with Gasteiger partial charge in [0.05, 0.1) is 12.1 Å². The van der Waals surface area contributed by atoms with Crippen LogP contribution in [0.25, 0.3) is 0 Å². The van der Waals surface area contributed by atoms with Crippen LogP contribution < -0.4 is 11.3 Å². The van der Waals surface area contributed by atoms with E-state index in [1.165, 1.54) is 4.88 Å². The number of rotatable bonds is 8. The number of thiophene rings is 1. The number of hydrogen-bond acceptors (Lipinski definition) is 4. The van der Waals surface area contributed by atoms with Crippen molar-refractivity contribution in [1.29, 1.82) is 0 Å². The predicted molar refractivity (Wildman–Crippen MR) is 69.5 cm³/mol. The Bertz CT molecular complexity index is 258. The van der Waals surface area contributed by atoms with Crippen LogP contribution in [0, 0.1) is 0 Å². The molecule has 1 rings (SSSR count). The van der Waals surface area contributed by atoms with Crippen molar-refractivity contribution in [1.82, 2.24) is 5.43 Å². The first-order chi connectivity index (χ1) is 7.81. The van der Waals surface area contributed by atoms with Gasteiger partial charge in [0.1, 0.15) is 0 Å². The second-order valence-electron chi connectivity index (χ2n) is 3.84. The molecule has 0 aliphatic carbocycles. The van der Waals surface area contributed by atoms with Crippen LogP contribution in [0.5, 0.6) is 0 Å². The monoisotopic (exact) mass is 242 g/mol. The summed E-state index contributed by atoms with van der Waals surface area (Å²) in [4.78, 5) is 1.35. The number of hydrogen-bond donors (Lipinski definition) is 2. The molecule has 3 N–H and O–H groups in total. The lowest BCUT2D eigenvalue weighted by Crippen LogP contribution is -2.46. The van der Waals surface area contributed by atoms with Crippen LogP contribution in [-0.2, 0) is 11.2 Å². The summed E-state index contributed by atoms with van der Waals surface area (Å²) >= 11 is 1.77. The number of hydrazine groups is 1. The molecule has 0 fully saturated rings. The highest BCUT2D eigenvalue weighted by atomic mass is 32.1. The largest absolute Gasteiger partial charge is 0.377 e. The molecule has 1 aromatic heterocycles. The van der Waals surface area contributed by atoms with Gasteiger partial charge in [-0.3, -0.25) is 11.3 Å². The van der Waals surface area contributed by atoms with E-state index in [0.717, 1.165) is 25.9 Å². The van der Waals surface area contributed by atoms with Gasteiger partial charge < -0.3 is 4.74 Å². The van der Waals surface area contributed by atoms with Crippen molar-refractivity contribution in [2.75, 3.05) is 6.61 Å². The molecule has 1 heterocycles. The van der Waals surface area contributed by atoms with E-state index in [-0.39, 0.29) is 12.1 Å². The summed E-state index contributed by atoms with van der Waals surface area (Å²) in [5.74, 6) is 5.63. The first kappa shape index (κ1) is 13.6. The van der Waals surface area contributed by atoms with Gasteiger partial charge in [-0.15, -0.1) is 11.3 Å². The summed E-state index contributed by atoms with van der Waals surface area (Å²) in [7, 11) is 0. The zero-order valence-corrected chi connectivity index (χ0v) is 10.9. The maximum Gasteiger partial charge on any atom is 0.0744 e. The standard InChI is InChI=1S/C12H22N2OS/c1-3-6-12(15-4-2)11(14-13)9-10-7-5-8-16-10/h5,7-8,11-12,14H,3-4,6,9,13H2,1-2H3. The number of nitrogens with one attached hydrogen (secondary N) is 1. The molecule has 0 aliphatic rings. The van der Waals surface area contributed by atoms with Crippen LogP contribution in [0.1, 0.15) is 31.6 Å². The molecule has 0 bridgehead atoms. The first-order valence-electron chi connectivity index (χ1n) is 5.91. The van der Waals surface area contributed by atoms with E-state index in [9.17, 15) is 0 Å². The maximum absolute atomic E-state index is 5.75. The Morgan fingerprint density at radius 1 is 1.50 bits per heavy atom. The van der Waals surface area contributed by atoms with Crippen LogP contribution in [0.4, 0.5) is 0 Å². The molecule has 0 aromatic carbocycles. The average molecular weight is 242 g/mol. The van der Waals surface area contributed by atoms with Gasteiger partial charge in [0, 0.05) is 17.9 Å². The van der Waals surface area contributed by atoms with E-state index in [4.69, 9.17) is 10.6 Å². The molecule has 92 valence electrons. The fourth-order valence-corrected chi connectivity index (χ4v) is 2.61. The van der Waals surface area contributed by atoms with Crippen molar-refractivity contribution < 1.29 is 4.74 Å². The van der Waals surface area contributed by atoms with E-state index in [1.807, 2.05) is 6.92 Å². The van der Waals surface area contributed by atoms with Gasteiger partial charge in [-0.25, -0.2) is 0 Å². The number of ether oxygens (including phenoxy) is 1. The van der Waals surface area contributed by atoms with Gasteiger partial charge in [-0.05, 0) is 24.8 Å². The van der Waals surface area contributed by atoms with Gasteiger partial charge in [0.15, 0.2) is 0 Å². The summed E-state index contributed by atoms with van der Waals surface area (Å²) in [5, 5.41) is 2.10. The van der Waals surface area contributed by atoms with E-state index < -0.39 is 0 Å². The molecule has 1 aromatic rings. The third-order valence-electron chi connectivity index (χ3n) is 2.62. The highest BCUT2D eigenvalue weighted by Crippen LogP contribution is 2.16. The topological polar surface area (TPSA) is 47.3 Å². The summed E-state index contributed by atoms with van der Waals surface area (Å²) in [6, 6.07) is 4.42. The molecule has 0 radical (unpaired) electrons. The fraction of sp³-hybridized carbons (Fsp3) is 0.667. The Morgan fingerprint density at radius 2 is 2.31 bits per heavy atom. The minimum absolute atomic E-state index is 0.207. The molecule has 0 saturated carbocycles. The Morgan fingerprint density at radius 3 is 2.81 bits per heavy atom. The molecule has 0 saturated heterocycles. The van der Waals surface area contributed by atoms with Crippen LogP contribution in [0.15, 0.2) is 17.5 Å².